The molecule has 2 rings (SSSR count). The Hall–Kier alpha value is -1.69. The largest absolute Gasteiger partial charge is 0.327 e. The highest BCUT2D eigenvalue weighted by Gasteiger charge is 2.27. The maximum atomic E-state index is 12.2. The zero-order valence-corrected chi connectivity index (χ0v) is 16.4. The summed E-state index contributed by atoms with van der Waals surface area (Å²) in [4.78, 5) is 13.7. The van der Waals surface area contributed by atoms with Crippen molar-refractivity contribution in [1.29, 1.82) is 5.26 Å². The number of aryl methyl sites for hydroxylation is 1. The number of para-hydroxylation sites is 1. The molecule has 1 amide bonds. The van der Waals surface area contributed by atoms with Crippen molar-refractivity contribution in [3.8, 4) is 11.8 Å². The third-order valence-electron chi connectivity index (χ3n) is 3.68. The van der Waals surface area contributed by atoms with Crippen molar-refractivity contribution in [2.24, 2.45) is 0 Å². The summed E-state index contributed by atoms with van der Waals surface area (Å²) in [6, 6.07) is 10.0. The lowest BCUT2D eigenvalue weighted by atomic mass is 10.1. The SMILES string of the molecule is Cc1ccccc1-n1nc(SCC(=O)N(C)C(C)(C)C#N)sc1=S. The zero-order chi connectivity index (χ0) is 17.9. The van der Waals surface area contributed by atoms with Crippen LogP contribution in [0.3, 0.4) is 0 Å². The first kappa shape index (κ1) is 18.6. The molecule has 24 heavy (non-hydrogen) atoms. The Labute approximate surface area is 154 Å². The van der Waals surface area contributed by atoms with Crippen molar-refractivity contribution < 1.29 is 4.79 Å². The second kappa shape index (κ2) is 7.47. The summed E-state index contributed by atoms with van der Waals surface area (Å²) in [5.41, 5.74) is 1.20. The van der Waals surface area contributed by atoms with E-state index in [-0.39, 0.29) is 11.7 Å². The van der Waals surface area contributed by atoms with Gasteiger partial charge in [0, 0.05) is 7.05 Å². The highest BCUT2D eigenvalue weighted by atomic mass is 32.2. The van der Waals surface area contributed by atoms with Crippen LogP contribution in [0.15, 0.2) is 28.6 Å². The van der Waals surface area contributed by atoms with E-state index in [4.69, 9.17) is 17.5 Å². The van der Waals surface area contributed by atoms with Gasteiger partial charge in [0.2, 0.25) is 5.91 Å². The molecule has 0 N–H and O–H groups in total. The normalized spacial score (nSPS) is 11.1. The van der Waals surface area contributed by atoms with Crippen LogP contribution in [0.4, 0.5) is 0 Å². The standard InChI is InChI=1S/C16H18N4OS3/c1-11-7-5-6-8-12(11)20-15(22)24-14(18-20)23-9-13(21)19(4)16(2,3)10-17/h5-8H,9H2,1-4H3. The van der Waals surface area contributed by atoms with Gasteiger partial charge in [-0.2, -0.15) is 5.26 Å². The number of aromatic nitrogens is 2. The molecule has 0 aliphatic rings. The van der Waals surface area contributed by atoms with Crippen LogP contribution in [-0.4, -0.2) is 38.9 Å². The van der Waals surface area contributed by atoms with Gasteiger partial charge in [-0.25, -0.2) is 4.68 Å². The molecular weight excluding hydrogens is 360 g/mol. The van der Waals surface area contributed by atoms with Gasteiger partial charge in [0.25, 0.3) is 0 Å². The van der Waals surface area contributed by atoms with Crippen molar-refractivity contribution in [3.63, 3.8) is 0 Å². The van der Waals surface area contributed by atoms with Crippen LogP contribution in [0.2, 0.25) is 0 Å². The summed E-state index contributed by atoms with van der Waals surface area (Å²) in [7, 11) is 1.64. The van der Waals surface area contributed by atoms with Crippen molar-refractivity contribution in [3.05, 3.63) is 33.8 Å². The highest BCUT2D eigenvalue weighted by Crippen LogP contribution is 2.26. The first-order chi connectivity index (χ1) is 11.3. The van der Waals surface area contributed by atoms with Crippen LogP contribution < -0.4 is 0 Å². The molecule has 0 aliphatic heterocycles. The van der Waals surface area contributed by atoms with E-state index < -0.39 is 5.54 Å². The summed E-state index contributed by atoms with van der Waals surface area (Å²) in [6.07, 6.45) is 0. The van der Waals surface area contributed by atoms with Crippen LogP contribution in [0.1, 0.15) is 19.4 Å². The third kappa shape index (κ3) is 4.04. The average Bonchev–Trinajstić information content (AvgIpc) is 2.93. The van der Waals surface area contributed by atoms with Crippen molar-refractivity contribution in [2.45, 2.75) is 30.6 Å². The predicted molar refractivity (Wildman–Crippen MR) is 100 cm³/mol. The summed E-state index contributed by atoms with van der Waals surface area (Å²) < 4.78 is 3.11. The predicted octanol–water partition coefficient (Wildman–Crippen LogP) is 3.82. The molecule has 0 saturated carbocycles. The minimum Gasteiger partial charge on any atom is -0.327 e. The Morgan fingerprint density at radius 2 is 2.17 bits per heavy atom. The molecule has 2 aromatic rings. The number of benzene rings is 1. The van der Waals surface area contributed by atoms with Gasteiger partial charge in [-0.1, -0.05) is 41.3 Å². The van der Waals surface area contributed by atoms with Gasteiger partial charge in [-0.15, -0.1) is 5.10 Å². The van der Waals surface area contributed by atoms with Gasteiger partial charge >= 0.3 is 0 Å². The highest BCUT2D eigenvalue weighted by molar-refractivity contribution is 8.01. The molecule has 0 bridgehead atoms. The molecule has 1 heterocycles. The maximum absolute atomic E-state index is 12.2. The molecule has 0 spiro atoms. The number of amides is 1. The lowest BCUT2D eigenvalue weighted by Crippen LogP contribution is -2.44. The molecule has 0 fully saturated rings. The van der Waals surface area contributed by atoms with E-state index >= 15 is 0 Å². The summed E-state index contributed by atoms with van der Waals surface area (Å²) >= 11 is 8.11. The fourth-order valence-corrected chi connectivity index (χ4v) is 4.14. The van der Waals surface area contributed by atoms with Gasteiger partial charge in [-0.3, -0.25) is 4.79 Å². The van der Waals surface area contributed by atoms with Crippen molar-refractivity contribution >= 4 is 41.2 Å². The van der Waals surface area contributed by atoms with E-state index in [1.165, 1.54) is 28.0 Å². The van der Waals surface area contributed by atoms with Crippen LogP contribution in [0, 0.1) is 22.2 Å². The van der Waals surface area contributed by atoms with Gasteiger partial charge in [0.05, 0.1) is 17.5 Å². The molecule has 1 aromatic heterocycles. The molecule has 126 valence electrons. The van der Waals surface area contributed by atoms with Crippen molar-refractivity contribution in [1.82, 2.24) is 14.7 Å². The zero-order valence-electron chi connectivity index (χ0n) is 13.9. The number of nitriles is 1. The number of thioether (sulfide) groups is 1. The topological polar surface area (TPSA) is 61.9 Å². The van der Waals surface area contributed by atoms with E-state index in [9.17, 15) is 4.79 Å². The van der Waals surface area contributed by atoms with E-state index in [1.54, 1.807) is 25.6 Å². The van der Waals surface area contributed by atoms with Gasteiger partial charge in [0.15, 0.2) is 8.29 Å². The smallest absolute Gasteiger partial charge is 0.234 e. The molecular formula is C16H18N4OS3. The van der Waals surface area contributed by atoms with Gasteiger partial charge in [-0.05, 0) is 44.6 Å². The molecule has 1 aromatic carbocycles. The molecule has 0 unspecified atom stereocenters. The van der Waals surface area contributed by atoms with E-state index in [2.05, 4.69) is 11.2 Å². The van der Waals surface area contributed by atoms with Crippen LogP contribution in [-0.2, 0) is 4.79 Å². The van der Waals surface area contributed by atoms with E-state index in [0.29, 0.717) is 3.95 Å². The Bertz CT molecular complexity index is 847. The Morgan fingerprint density at radius 1 is 1.50 bits per heavy atom. The second-order valence-electron chi connectivity index (χ2n) is 5.74. The second-order valence-corrected chi connectivity index (χ2v) is 8.59. The number of hydrogen-bond donors (Lipinski definition) is 0. The minimum atomic E-state index is -0.829. The average molecular weight is 379 g/mol. The molecule has 0 atom stereocenters. The maximum Gasteiger partial charge on any atom is 0.234 e. The minimum absolute atomic E-state index is 0.116. The summed E-state index contributed by atoms with van der Waals surface area (Å²) in [5, 5.41) is 13.6. The number of nitrogens with zero attached hydrogens (tertiary/aromatic N) is 4. The van der Waals surface area contributed by atoms with Crippen LogP contribution in [0.25, 0.3) is 5.69 Å². The lowest BCUT2D eigenvalue weighted by Gasteiger charge is -2.28. The first-order valence-corrected chi connectivity index (χ1v) is 9.44. The number of carbonyl (C=O) groups is 1. The van der Waals surface area contributed by atoms with Crippen molar-refractivity contribution in [2.75, 3.05) is 12.8 Å². The lowest BCUT2D eigenvalue weighted by molar-refractivity contribution is -0.130. The number of hydrogen-bond acceptors (Lipinski definition) is 6. The Kier molecular flexibility index (Phi) is 5.80. The molecule has 8 heteroatoms. The number of carbonyl (C=O) groups excluding carboxylic acids is 1. The fourth-order valence-electron chi connectivity index (χ4n) is 1.88. The molecule has 0 aliphatic carbocycles. The Morgan fingerprint density at radius 3 is 2.79 bits per heavy atom. The quantitative estimate of drug-likeness (QED) is 0.584. The first-order valence-electron chi connectivity index (χ1n) is 7.23. The summed E-state index contributed by atoms with van der Waals surface area (Å²) in [6.45, 7) is 5.44. The Balaban J connectivity index is 2.12. The van der Waals surface area contributed by atoms with Crippen LogP contribution in [0.5, 0.6) is 0 Å². The molecule has 5 nitrogen and oxygen atoms in total. The monoisotopic (exact) mass is 378 g/mol. The molecule has 0 saturated heterocycles. The summed E-state index contributed by atoms with van der Waals surface area (Å²) in [5.74, 6) is 0.104. The van der Waals surface area contributed by atoms with Gasteiger partial charge in [0.1, 0.15) is 5.54 Å². The van der Waals surface area contributed by atoms with Gasteiger partial charge < -0.3 is 4.90 Å². The van der Waals surface area contributed by atoms with E-state index in [0.717, 1.165) is 15.6 Å². The van der Waals surface area contributed by atoms with E-state index in [1.807, 2.05) is 31.2 Å². The molecule has 0 radical (unpaired) electrons. The fraction of sp³-hybridized carbons (Fsp3) is 0.375. The van der Waals surface area contributed by atoms with Crippen LogP contribution >= 0.6 is 35.3 Å². The third-order valence-corrected chi connectivity index (χ3v) is 6.03. The number of rotatable bonds is 5.